The molecule has 4 heteroatoms. The molecule has 0 radical (unpaired) electrons. The molecule has 18 heavy (non-hydrogen) atoms. The zero-order valence-electron chi connectivity index (χ0n) is 10.0. The molecule has 0 saturated heterocycles. The number of hydrogen-bond acceptors (Lipinski definition) is 2. The molecule has 94 valence electrons. The molecule has 0 spiro atoms. The van der Waals surface area contributed by atoms with E-state index in [1.807, 2.05) is 31.2 Å². The van der Waals surface area contributed by atoms with Gasteiger partial charge in [-0.25, -0.2) is 4.39 Å². The Morgan fingerprint density at radius 1 is 1.33 bits per heavy atom. The normalized spacial score (nSPS) is 12.4. The lowest BCUT2D eigenvalue weighted by atomic mass is 10.2. The van der Waals surface area contributed by atoms with Gasteiger partial charge in [-0.15, -0.1) is 0 Å². The highest BCUT2D eigenvalue weighted by Crippen LogP contribution is 2.17. The topological polar surface area (TPSA) is 24.9 Å². The van der Waals surface area contributed by atoms with Crippen LogP contribution in [0.2, 0.25) is 0 Å². The molecule has 1 atom stereocenters. The third kappa shape index (κ3) is 3.37. The smallest absolute Gasteiger partial charge is 0.137 e. The second kappa shape index (κ2) is 6.07. The standard InChI is InChI=1S/C14H14BrFN2/c1-10(14-4-2-3-7-17-14)18-9-11-5-6-12(15)13(16)8-11/h2-8,10,18H,9H2,1H3/t10-/m1/s1. The molecule has 1 heterocycles. The quantitative estimate of drug-likeness (QED) is 0.928. The summed E-state index contributed by atoms with van der Waals surface area (Å²) in [7, 11) is 0. The van der Waals surface area contributed by atoms with Gasteiger partial charge in [0.1, 0.15) is 5.82 Å². The fourth-order valence-electron chi connectivity index (χ4n) is 1.66. The average molecular weight is 309 g/mol. The van der Waals surface area contributed by atoms with E-state index in [2.05, 4.69) is 26.2 Å². The second-order valence-electron chi connectivity index (χ2n) is 4.11. The van der Waals surface area contributed by atoms with Crippen LogP contribution in [0.5, 0.6) is 0 Å². The molecule has 0 aliphatic carbocycles. The highest BCUT2D eigenvalue weighted by molar-refractivity contribution is 9.10. The van der Waals surface area contributed by atoms with E-state index < -0.39 is 0 Å². The zero-order valence-corrected chi connectivity index (χ0v) is 11.6. The molecule has 2 nitrogen and oxygen atoms in total. The van der Waals surface area contributed by atoms with Crippen LogP contribution in [0.4, 0.5) is 4.39 Å². The van der Waals surface area contributed by atoms with Gasteiger partial charge in [-0.2, -0.15) is 0 Å². The van der Waals surface area contributed by atoms with E-state index >= 15 is 0 Å². The van der Waals surface area contributed by atoms with Gasteiger partial charge in [0.25, 0.3) is 0 Å². The Balaban J connectivity index is 1.97. The van der Waals surface area contributed by atoms with Gasteiger partial charge in [-0.1, -0.05) is 12.1 Å². The van der Waals surface area contributed by atoms with E-state index in [9.17, 15) is 4.39 Å². The minimum absolute atomic E-state index is 0.137. The summed E-state index contributed by atoms with van der Waals surface area (Å²) in [5, 5.41) is 3.32. The van der Waals surface area contributed by atoms with E-state index in [1.54, 1.807) is 12.3 Å². The van der Waals surface area contributed by atoms with E-state index in [-0.39, 0.29) is 11.9 Å². The Kier molecular flexibility index (Phi) is 4.44. The summed E-state index contributed by atoms with van der Waals surface area (Å²) in [6.45, 7) is 2.65. The summed E-state index contributed by atoms with van der Waals surface area (Å²) in [4.78, 5) is 4.28. The summed E-state index contributed by atoms with van der Waals surface area (Å²) >= 11 is 3.14. The van der Waals surface area contributed by atoms with Crippen LogP contribution in [-0.2, 0) is 6.54 Å². The number of nitrogens with one attached hydrogen (secondary N) is 1. The van der Waals surface area contributed by atoms with Gasteiger partial charge >= 0.3 is 0 Å². The van der Waals surface area contributed by atoms with Crippen LogP contribution >= 0.6 is 15.9 Å². The lowest BCUT2D eigenvalue weighted by Gasteiger charge is -2.13. The van der Waals surface area contributed by atoms with Gasteiger partial charge in [-0.3, -0.25) is 4.98 Å². The molecule has 1 N–H and O–H groups in total. The van der Waals surface area contributed by atoms with Crippen LogP contribution in [0.1, 0.15) is 24.2 Å². The highest BCUT2D eigenvalue weighted by atomic mass is 79.9. The van der Waals surface area contributed by atoms with Crippen molar-refractivity contribution in [2.24, 2.45) is 0 Å². The Morgan fingerprint density at radius 3 is 2.83 bits per heavy atom. The van der Waals surface area contributed by atoms with Crippen LogP contribution in [0.3, 0.4) is 0 Å². The minimum atomic E-state index is -0.236. The molecule has 1 aromatic heterocycles. The van der Waals surface area contributed by atoms with Gasteiger partial charge in [-0.05, 0) is 52.7 Å². The molecular weight excluding hydrogens is 295 g/mol. The third-order valence-corrected chi connectivity index (χ3v) is 3.37. The molecule has 0 aliphatic heterocycles. The first kappa shape index (κ1) is 13.2. The SMILES string of the molecule is C[C@@H](NCc1ccc(Br)c(F)c1)c1ccccn1. The first-order valence-electron chi connectivity index (χ1n) is 5.75. The molecule has 2 aromatic rings. The molecule has 0 saturated carbocycles. The van der Waals surface area contributed by atoms with Crippen LogP contribution < -0.4 is 5.32 Å². The average Bonchev–Trinajstić information content (AvgIpc) is 2.41. The number of benzene rings is 1. The van der Waals surface area contributed by atoms with E-state index in [4.69, 9.17) is 0 Å². The second-order valence-corrected chi connectivity index (χ2v) is 4.96. The van der Waals surface area contributed by atoms with Crippen LogP contribution in [-0.4, -0.2) is 4.98 Å². The van der Waals surface area contributed by atoms with Crippen molar-refractivity contribution in [3.8, 4) is 0 Å². The molecular formula is C14H14BrFN2. The number of rotatable bonds is 4. The maximum atomic E-state index is 13.3. The van der Waals surface area contributed by atoms with Crippen molar-refractivity contribution >= 4 is 15.9 Å². The lowest BCUT2D eigenvalue weighted by Crippen LogP contribution is -2.19. The first-order valence-corrected chi connectivity index (χ1v) is 6.54. The number of hydrogen-bond donors (Lipinski definition) is 1. The number of nitrogens with zero attached hydrogens (tertiary/aromatic N) is 1. The highest BCUT2D eigenvalue weighted by Gasteiger charge is 2.06. The van der Waals surface area contributed by atoms with Crippen molar-refractivity contribution in [1.29, 1.82) is 0 Å². The Labute approximate surface area is 114 Å². The molecule has 0 unspecified atom stereocenters. The molecule has 2 rings (SSSR count). The predicted molar refractivity (Wildman–Crippen MR) is 73.6 cm³/mol. The maximum Gasteiger partial charge on any atom is 0.137 e. The fraction of sp³-hybridized carbons (Fsp3) is 0.214. The van der Waals surface area contributed by atoms with Crippen LogP contribution in [0.15, 0.2) is 47.1 Å². The Hall–Kier alpha value is -1.26. The summed E-state index contributed by atoms with van der Waals surface area (Å²) in [6, 6.07) is 11.1. The van der Waals surface area contributed by atoms with Crippen LogP contribution in [0.25, 0.3) is 0 Å². The third-order valence-electron chi connectivity index (χ3n) is 2.73. The van der Waals surface area contributed by atoms with Crippen LogP contribution in [0, 0.1) is 5.82 Å². The van der Waals surface area contributed by atoms with Crippen molar-refractivity contribution in [3.05, 3.63) is 64.1 Å². The molecule has 0 bridgehead atoms. The molecule has 0 fully saturated rings. The Morgan fingerprint density at radius 2 is 2.17 bits per heavy atom. The fourth-order valence-corrected chi connectivity index (χ4v) is 1.90. The van der Waals surface area contributed by atoms with Crippen molar-refractivity contribution < 1.29 is 4.39 Å². The number of pyridine rings is 1. The van der Waals surface area contributed by atoms with E-state index in [1.165, 1.54) is 6.07 Å². The largest absolute Gasteiger partial charge is 0.305 e. The summed E-state index contributed by atoms with van der Waals surface area (Å²) in [6.07, 6.45) is 1.77. The van der Waals surface area contributed by atoms with Gasteiger partial charge in [0.15, 0.2) is 0 Å². The molecule has 0 amide bonds. The zero-order chi connectivity index (χ0) is 13.0. The van der Waals surface area contributed by atoms with Gasteiger partial charge in [0.05, 0.1) is 10.2 Å². The minimum Gasteiger partial charge on any atom is -0.305 e. The van der Waals surface area contributed by atoms with Crippen molar-refractivity contribution in [3.63, 3.8) is 0 Å². The van der Waals surface area contributed by atoms with Gasteiger partial charge in [0, 0.05) is 18.8 Å². The van der Waals surface area contributed by atoms with Crippen molar-refractivity contribution in [2.45, 2.75) is 19.5 Å². The van der Waals surface area contributed by atoms with Crippen molar-refractivity contribution in [1.82, 2.24) is 10.3 Å². The first-order chi connectivity index (χ1) is 8.66. The lowest BCUT2D eigenvalue weighted by molar-refractivity contribution is 0.557. The van der Waals surface area contributed by atoms with Gasteiger partial charge < -0.3 is 5.32 Å². The van der Waals surface area contributed by atoms with E-state index in [0.29, 0.717) is 11.0 Å². The predicted octanol–water partition coefficient (Wildman–Crippen LogP) is 3.83. The summed E-state index contributed by atoms with van der Waals surface area (Å²) in [5.41, 5.74) is 1.90. The van der Waals surface area contributed by atoms with E-state index in [0.717, 1.165) is 11.3 Å². The summed E-state index contributed by atoms with van der Waals surface area (Å²) < 4.78 is 13.8. The molecule has 0 aliphatic rings. The summed E-state index contributed by atoms with van der Waals surface area (Å²) in [5.74, 6) is -0.236. The maximum absolute atomic E-state index is 13.3. The van der Waals surface area contributed by atoms with Crippen molar-refractivity contribution in [2.75, 3.05) is 0 Å². The van der Waals surface area contributed by atoms with Gasteiger partial charge in [0.2, 0.25) is 0 Å². The monoisotopic (exact) mass is 308 g/mol. The number of halogens is 2. The molecule has 1 aromatic carbocycles. The number of aromatic nitrogens is 1. The Bertz CT molecular complexity index is 516.